The van der Waals surface area contributed by atoms with E-state index in [0.29, 0.717) is 19.8 Å². The van der Waals surface area contributed by atoms with Gasteiger partial charge in [0.05, 0.1) is 13.2 Å². The van der Waals surface area contributed by atoms with Crippen LogP contribution in [0.3, 0.4) is 0 Å². The Morgan fingerprint density at radius 1 is 1.18 bits per heavy atom. The molecule has 0 aromatic heterocycles. The maximum absolute atomic E-state index is 11.9. The van der Waals surface area contributed by atoms with Gasteiger partial charge in [-0.2, -0.15) is 0 Å². The van der Waals surface area contributed by atoms with E-state index in [4.69, 9.17) is 9.47 Å². The third-order valence-electron chi connectivity index (χ3n) is 2.11. The number of ether oxygens (including phenoxy) is 2. The number of halogens is 2. The Hall–Kier alpha value is -1.20. The molecule has 0 spiro atoms. The first-order chi connectivity index (χ1) is 8.22. The lowest BCUT2D eigenvalue weighted by Gasteiger charge is -2.07. The molecule has 1 aromatic carbocycles. The van der Waals surface area contributed by atoms with Crippen LogP contribution in [-0.2, 0) is 11.3 Å². The lowest BCUT2D eigenvalue weighted by atomic mass is 10.2. The van der Waals surface area contributed by atoms with Crippen LogP contribution in [0.25, 0.3) is 0 Å². The first-order valence-electron chi connectivity index (χ1n) is 5.42. The molecule has 3 nitrogen and oxygen atoms in total. The van der Waals surface area contributed by atoms with Gasteiger partial charge in [-0.05, 0) is 17.7 Å². The van der Waals surface area contributed by atoms with Crippen LogP contribution < -0.4 is 10.1 Å². The second-order valence-electron chi connectivity index (χ2n) is 3.51. The van der Waals surface area contributed by atoms with Crippen LogP contribution in [0.15, 0.2) is 24.3 Å². The molecule has 1 rings (SSSR count). The molecule has 0 heterocycles. The Bertz CT molecular complexity index is 304. The molecule has 0 aliphatic heterocycles. The van der Waals surface area contributed by atoms with Crippen molar-refractivity contribution in [2.75, 3.05) is 26.9 Å². The average molecular weight is 245 g/mol. The Morgan fingerprint density at radius 2 is 1.88 bits per heavy atom. The van der Waals surface area contributed by atoms with Crippen molar-refractivity contribution in [3.8, 4) is 5.75 Å². The number of benzene rings is 1. The van der Waals surface area contributed by atoms with Crippen LogP contribution >= 0.6 is 0 Å². The molecule has 0 saturated carbocycles. The van der Waals surface area contributed by atoms with Crippen molar-refractivity contribution in [1.82, 2.24) is 5.32 Å². The minimum absolute atomic E-state index is 0.286. The van der Waals surface area contributed by atoms with Crippen LogP contribution in [0.4, 0.5) is 8.78 Å². The van der Waals surface area contributed by atoms with Crippen molar-refractivity contribution < 1.29 is 18.3 Å². The van der Waals surface area contributed by atoms with E-state index in [0.717, 1.165) is 11.3 Å². The van der Waals surface area contributed by atoms with Gasteiger partial charge in [0.15, 0.2) is 0 Å². The standard InChI is InChI=1S/C12H17F2NO2/c1-16-6-7-17-11-4-2-10(3-5-11)8-15-9-12(13)14/h2-5,12,15H,6-9H2,1H3. The average Bonchev–Trinajstić information content (AvgIpc) is 2.31. The summed E-state index contributed by atoms with van der Waals surface area (Å²) in [7, 11) is 1.61. The lowest BCUT2D eigenvalue weighted by Crippen LogP contribution is -2.20. The molecular formula is C12H17F2NO2. The van der Waals surface area contributed by atoms with Gasteiger partial charge in [-0.15, -0.1) is 0 Å². The molecule has 0 bridgehead atoms. The Balaban J connectivity index is 2.29. The SMILES string of the molecule is COCCOc1ccc(CNCC(F)F)cc1. The topological polar surface area (TPSA) is 30.5 Å². The molecule has 1 aromatic rings. The minimum atomic E-state index is -2.31. The quantitative estimate of drug-likeness (QED) is 0.711. The fourth-order valence-corrected chi connectivity index (χ4v) is 1.27. The Morgan fingerprint density at radius 3 is 2.47 bits per heavy atom. The molecule has 17 heavy (non-hydrogen) atoms. The van der Waals surface area contributed by atoms with Gasteiger partial charge in [-0.1, -0.05) is 12.1 Å². The highest BCUT2D eigenvalue weighted by molar-refractivity contribution is 5.27. The van der Waals surface area contributed by atoms with Crippen molar-refractivity contribution in [1.29, 1.82) is 0 Å². The molecule has 0 aliphatic carbocycles. The fourth-order valence-electron chi connectivity index (χ4n) is 1.27. The van der Waals surface area contributed by atoms with Crippen LogP contribution in [0, 0.1) is 0 Å². The molecule has 5 heteroatoms. The molecule has 0 amide bonds. The summed E-state index contributed by atoms with van der Waals surface area (Å²) in [6.07, 6.45) is -2.31. The van der Waals surface area contributed by atoms with E-state index in [-0.39, 0.29) is 6.54 Å². The second kappa shape index (κ2) is 7.97. The number of methoxy groups -OCH3 is 1. The van der Waals surface area contributed by atoms with E-state index in [2.05, 4.69) is 5.32 Å². The summed E-state index contributed by atoms with van der Waals surface area (Å²) < 4.78 is 34.0. The number of alkyl halides is 2. The summed E-state index contributed by atoms with van der Waals surface area (Å²) in [6, 6.07) is 7.32. The number of nitrogens with one attached hydrogen (secondary N) is 1. The zero-order valence-electron chi connectivity index (χ0n) is 9.79. The third kappa shape index (κ3) is 6.19. The summed E-state index contributed by atoms with van der Waals surface area (Å²) in [6.45, 7) is 1.19. The Kier molecular flexibility index (Phi) is 6.50. The highest BCUT2D eigenvalue weighted by Crippen LogP contribution is 2.11. The lowest BCUT2D eigenvalue weighted by molar-refractivity contribution is 0.145. The van der Waals surface area contributed by atoms with Crippen LogP contribution in [0.5, 0.6) is 5.75 Å². The van der Waals surface area contributed by atoms with E-state index >= 15 is 0 Å². The van der Waals surface area contributed by atoms with Crippen LogP contribution in [-0.4, -0.2) is 33.3 Å². The van der Waals surface area contributed by atoms with Crippen LogP contribution in [0.2, 0.25) is 0 Å². The van der Waals surface area contributed by atoms with Gasteiger partial charge in [0.2, 0.25) is 0 Å². The molecule has 96 valence electrons. The molecule has 0 saturated heterocycles. The molecule has 1 N–H and O–H groups in total. The molecule has 0 radical (unpaired) electrons. The molecule has 0 atom stereocenters. The third-order valence-corrected chi connectivity index (χ3v) is 2.11. The summed E-state index contributed by atoms with van der Waals surface area (Å²) in [5.74, 6) is 0.750. The number of hydrogen-bond acceptors (Lipinski definition) is 3. The van der Waals surface area contributed by atoms with Gasteiger partial charge < -0.3 is 14.8 Å². The van der Waals surface area contributed by atoms with Crippen molar-refractivity contribution in [2.45, 2.75) is 13.0 Å². The predicted molar refractivity (Wildman–Crippen MR) is 61.5 cm³/mol. The highest BCUT2D eigenvalue weighted by Gasteiger charge is 2.01. The predicted octanol–water partition coefficient (Wildman–Crippen LogP) is 2.07. The van der Waals surface area contributed by atoms with E-state index in [9.17, 15) is 8.78 Å². The van der Waals surface area contributed by atoms with Gasteiger partial charge >= 0.3 is 0 Å². The van der Waals surface area contributed by atoms with Gasteiger partial charge in [-0.25, -0.2) is 8.78 Å². The first kappa shape index (κ1) is 13.9. The van der Waals surface area contributed by atoms with Gasteiger partial charge in [0.1, 0.15) is 12.4 Å². The highest BCUT2D eigenvalue weighted by atomic mass is 19.3. The second-order valence-corrected chi connectivity index (χ2v) is 3.51. The molecule has 0 aliphatic rings. The minimum Gasteiger partial charge on any atom is -0.491 e. The van der Waals surface area contributed by atoms with Gasteiger partial charge in [-0.3, -0.25) is 0 Å². The zero-order chi connectivity index (χ0) is 12.5. The van der Waals surface area contributed by atoms with Gasteiger partial charge in [0, 0.05) is 13.7 Å². The monoisotopic (exact) mass is 245 g/mol. The summed E-state index contributed by atoms with van der Waals surface area (Å²) in [4.78, 5) is 0. The van der Waals surface area contributed by atoms with Crippen LogP contribution in [0.1, 0.15) is 5.56 Å². The first-order valence-corrected chi connectivity index (χ1v) is 5.42. The molecular weight excluding hydrogens is 228 g/mol. The van der Waals surface area contributed by atoms with Crippen molar-refractivity contribution in [3.05, 3.63) is 29.8 Å². The van der Waals surface area contributed by atoms with Crippen molar-refractivity contribution in [2.24, 2.45) is 0 Å². The number of hydrogen-bond donors (Lipinski definition) is 1. The smallest absolute Gasteiger partial charge is 0.250 e. The van der Waals surface area contributed by atoms with Crippen molar-refractivity contribution >= 4 is 0 Å². The Labute approximate surface area is 99.7 Å². The zero-order valence-corrected chi connectivity index (χ0v) is 9.79. The summed E-state index contributed by atoms with van der Waals surface area (Å²) in [5, 5.41) is 2.66. The fraction of sp³-hybridized carbons (Fsp3) is 0.500. The summed E-state index contributed by atoms with van der Waals surface area (Å²) in [5.41, 5.74) is 0.949. The van der Waals surface area contributed by atoms with E-state index in [1.807, 2.05) is 24.3 Å². The van der Waals surface area contributed by atoms with E-state index in [1.165, 1.54) is 0 Å². The largest absolute Gasteiger partial charge is 0.491 e. The number of rotatable bonds is 8. The van der Waals surface area contributed by atoms with Gasteiger partial charge in [0.25, 0.3) is 6.43 Å². The maximum atomic E-state index is 11.9. The van der Waals surface area contributed by atoms with E-state index < -0.39 is 6.43 Å². The van der Waals surface area contributed by atoms with E-state index in [1.54, 1.807) is 7.11 Å². The normalized spacial score (nSPS) is 10.8. The maximum Gasteiger partial charge on any atom is 0.250 e. The molecule has 0 unspecified atom stereocenters. The summed E-state index contributed by atoms with van der Waals surface area (Å²) >= 11 is 0. The molecule has 0 fully saturated rings. The van der Waals surface area contributed by atoms with Crippen molar-refractivity contribution in [3.63, 3.8) is 0 Å².